The third-order valence-electron chi connectivity index (χ3n) is 4.77. The standard InChI is InChI=1S/C18H23F7N2.2ClH/c1-2-3-4-5-15(27-8-6-26-7-9-27)16-13(18(23,24)25)10-12(11-14(16)19)17(20,21)22;;/h10-11,15,26H,2-9H2,1H3;2*1H/t15-;;/m0../s1. The van der Waals surface area contributed by atoms with Gasteiger partial charge in [-0.25, -0.2) is 4.39 Å². The van der Waals surface area contributed by atoms with Crippen molar-refractivity contribution in [3.05, 3.63) is 34.6 Å². The minimum absolute atomic E-state index is 0. The molecule has 0 amide bonds. The molecule has 1 heterocycles. The molecule has 29 heavy (non-hydrogen) atoms. The van der Waals surface area contributed by atoms with Gasteiger partial charge in [0.05, 0.1) is 11.1 Å². The predicted molar refractivity (Wildman–Crippen MR) is 102 cm³/mol. The van der Waals surface area contributed by atoms with Crippen molar-refractivity contribution in [2.45, 2.75) is 51.0 Å². The molecule has 2 nitrogen and oxygen atoms in total. The maximum absolute atomic E-state index is 14.6. The van der Waals surface area contributed by atoms with E-state index in [9.17, 15) is 30.7 Å². The topological polar surface area (TPSA) is 15.3 Å². The van der Waals surface area contributed by atoms with Crippen LogP contribution in [-0.2, 0) is 12.4 Å². The molecule has 0 unspecified atom stereocenters. The van der Waals surface area contributed by atoms with Crippen LogP contribution in [0.25, 0.3) is 0 Å². The molecule has 0 spiro atoms. The highest BCUT2D eigenvalue weighted by Crippen LogP contribution is 2.43. The number of hydrogen-bond donors (Lipinski definition) is 1. The minimum Gasteiger partial charge on any atom is -0.314 e. The highest BCUT2D eigenvalue weighted by atomic mass is 35.5. The van der Waals surface area contributed by atoms with E-state index in [1.54, 1.807) is 4.90 Å². The van der Waals surface area contributed by atoms with Gasteiger partial charge in [0.15, 0.2) is 0 Å². The van der Waals surface area contributed by atoms with Crippen molar-refractivity contribution in [1.29, 1.82) is 0 Å². The van der Waals surface area contributed by atoms with Crippen LogP contribution in [0.3, 0.4) is 0 Å². The molecule has 0 aliphatic carbocycles. The molecule has 0 radical (unpaired) electrons. The van der Waals surface area contributed by atoms with Gasteiger partial charge in [0.1, 0.15) is 5.82 Å². The van der Waals surface area contributed by atoms with Gasteiger partial charge in [0.25, 0.3) is 0 Å². The van der Waals surface area contributed by atoms with E-state index in [0.29, 0.717) is 32.6 Å². The van der Waals surface area contributed by atoms with Crippen molar-refractivity contribution < 1.29 is 30.7 Å². The lowest BCUT2D eigenvalue weighted by molar-refractivity contribution is -0.144. The van der Waals surface area contributed by atoms with E-state index in [1.807, 2.05) is 6.92 Å². The number of unbranched alkanes of at least 4 members (excludes halogenated alkanes) is 2. The molecular weight excluding hydrogens is 448 g/mol. The fourth-order valence-electron chi connectivity index (χ4n) is 3.45. The van der Waals surface area contributed by atoms with Crippen LogP contribution in [0.1, 0.15) is 55.3 Å². The lowest BCUT2D eigenvalue weighted by atomic mass is 9.91. The first-order chi connectivity index (χ1) is 12.6. The summed E-state index contributed by atoms with van der Waals surface area (Å²) in [6, 6.07) is -0.690. The lowest BCUT2D eigenvalue weighted by Gasteiger charge is -2.36. The minimum atomic E-state index is -5.07. The molecular formula is C18H25Cl2F7N2. The Morgan fingerprint density at radius 2 is 1.55 bits per heavy atom. The SMILES string of the molecule is CCCCC[C@@H](c1c(F)cc(C(F)(F)F)cc1C(F)(F)F)N1CCNCC1.Cl.Cl. The summed E-state index contributed by atoms with van der Waals surface area (Å²) in [4.78, 5) is 1.73. The van der Waals surface area contributed by atoms with Crippen molar-refractivity contribution in [3.8, 4) is 0 Å². The number of rotatable bonds is 6. The Bertz CT molecular complexity index is 630. The summed E-state index contributed by atoms with van der Waals surface area (Å²) in [5.41, 5.74) is -3.83. The fourth-order valence-corrected chi connectivity index (χ4v) is 3.45. The summed E-state index contributed by atoms with van der Waals surface area (Å²) < 4.78 is 94.0. The van der Waals surface area contributed by atoms with Gasteiger partial charge in [0.2, 0.25) is 0 Å². The van der Waals surface area contributed by atoms with Crippen LogP contribution >= 0.6 is 24.8 Å². The van der Waals surface area contributed by atoms with Crippen LogP contribution in [0, 0.1) is 5.82 Å². The second-order valence-corrected chi connectivity index (χ2v) is 6.71. The number of nitrogens with zero attached hydrogens (tertiary/aromatic N) is 1. The van der Waals surface area contributed by atoms with E-state index in [2.05, 4.69) is 5.32 Å². The molecule has 1 fully saturated rings. The van der Waals surface area contributed by atoms with Crippen molar-refractivity contribution in [2.24, 2.45) is 0 Å². The molecule has 2 rings (SSSR count). The van der Waals surface area contributed by atoms with Crippen LogP contribution in [-0.4, -0.2) is 31.1 Å². The Labute approximate surface area is 178 Å². The van der Waals surface area contributed by atoms with Crippen LogP contribution in [0.2, 0.25) is 0 Å². The average Bonchev–Trinajstić information content (AvgIpc) is 2.58. The molecule has 1 aliphatic rings. The van der Waals surface area contributed by atoms with E-state index in [1.165, 1.54) is 0 Å². The summed E-state index contributed by atoms with van der Waals surface area (Å²) in [7, 11) is 0. The van der Waals surface area contributed by atoms with Gasteiger partial charge < -0.3 is 5.32 Å². The number of benzene rings is 1. The van der Waals surface area contributed by atoms with Gasteiger partial charge >= 0.3 is 12.4 Å². The van der Waals surface area contributed by atoms with E-state index in [4.69, 9.17) is 0 Å². The first kappa shape index (κ1) is 28.2. The monoisotopic (exact) mass is 472 g/mol. The Kier molecular flexibility index (Phi) is 11.3. The maximum Gasteiger partial charge on any atom is 0.416 e. The van der Waals surface area contributed by atoms with E-state index < -0.39 is 40.9 Å². The first-order valence-electron chi connectivity index (χ1n) is 8.98. The zero-order chi connectivity index (χ0) is 20.2. The van der Waals surface area contributed by atoms with E-state index in [0.717, 1.165) is 12.8 Å². The predicted octanol–water partition coefficient (Wildman–Crippen LogP) is 6.23. The van der Waals surface area contributed by atoms with Crippen molar-refractivity contribution >= 4 is 24.8 Å². The van der Waals surface area contributed by atoms with Gasteiger partial charge in [-0.05, 0) is 18.6 Å². The molecule has 1 aromatic carbocycles. The van der Waals surface area contributed by atoms with Crippen LogP contribution in [0.15, 0.2) is 12.1 Å². The van der Waals surface area contributed by atoms with Gasteiger partial charge in [-0.15, -0.1) is 24.8 Å². The molecule has 11 heteroatoms. The number of alkyl halides is 6. The summed E-state index contributed by atoms with van der Waals surface area (Å²) >= 11 is 0. The van der Waals surface area contributed by atoms with E-state index in [-0.39, 0.29) is 43.4 Å². The van der Waals surface area contributed by atoms with Crippen molar-refractivity contribution in [2.75, 3.05) is 26.2 Å². The third kappa shape index (κ3) is 7.45. The largest absolute Gasteiger partial charge is 0.416 e. The summed E-state index contributed by atoms with van der Waals surface area (Å²) in [6.45, 7) is 3.82. The third-order valence-corrected chi connectivity index (χ3v) is 4.77. The quantitative estimate of drug-likeness (QED) is 0.389. The molecule has 0 bridgehead atoms. The summed E-state index contributed by atoms with van der Waals surface area (Å²) in [5, 5.41) is 3.07. The Morgan fingerprint density at radius 1 is 0.966 bits per heavy atom. The van der Waals surface area contributed by atoms with Crippen LogP contribution in [0.4, 0.5) is 30.7 Å². The number of halogens is 9. The fraction of sp³-hybridized carbons (Fsp3) is 0.667. The number of piperazine rings is 1. The molecule has 0 aromatic heterocycles. The van der Waals surface area contributed by atoms with Gasteiger partial charge in [-0.3, -0.25) is 4.90 Å². The van der Waals surface area contributed by atoms with Crippen molar-refractivity contribution in [3.63, 3.8) is 0 Å². The molecule has 1 aliphatic heterocycles. The Balaban J connectivity index is 0.00000392. The van der Waals surface area contributed by atoms with Crippen LogP contribution in [0.5, 0.6) is 0 Å². The summed E-state index contributed by atoms with van der Waals surface area (Å²) in [5.74, 6) is -1.45. The Morgan fingerprint density at radius 3 is 2.03 bits per heavy atom. The molecule has 0 saturated carbocycles. The second kappa shape index (κ2) is 11.6. The van der Waals surface area contributed by atoms with Gasteiger partial charge in [-0.1, -0.05) is 26.2 Å². The van der Waals surface area contributed by atoms with Gasteiger partial charge in [0, 0.05) is 37.8 Å². The van der Waals surface area contributed by atoms with Crippen LogP contribution < -0.4 is 5.32 Å². The average molecular weight is 473 g/mol. The zero-order valence-corrected chi connectivity index (χ0v) is 17.4. The number of hydrogen-bond acceptors (Lipinski definition) is 2. The Hall–Kier alpha value is -0.770. The second-order valence-electron chi connectivity index (χ2n) is 6.71. The zero-order valence-electron chi connectivity index (χ0n) is 15.8. The molecule has 1 saturated heterocycles. The smallest absolute Gasteiger partial charge is 0.314 e. The molecule has 1 atom stereocenters. The molecule has 1 N–H and O–H groups in total. The highest BCUT2D eigenvalue weighted by Gasteiger charge is 2.42. The summed E-state index contributed by atoms with van der Waals surface area (Å²) in [6.07, 6.45) is -7.70. The number of nitrogens with one attached hydrogen (secondary N) is 1. The normalized spacial score (nSPS) is 16.7. The maximum atomic E-state index is 14.6. The van der Waals surface area contributed by atoms with E-state index >= 15 is 0 Å². The lowest BCUT2D eigenvalue weighted by Crippen LogP contribution is -2.45. The molecule has 1 aromatic rings. The van der Waals surface area contributed by atoms with Crippen molar-refractivity contribution in [1.82, 2.24) is 10.2 Å². The molecule has 170 valence electrons. The highest BCUT2D eigenvalue weighted by molar-refractivity contribution is 5.85. The van der Waals surface area contributed by atoms with Gasteiger partial charge in [-0.2, -0.15) is 26.3 Å². The first-order valence-corrected chi connectivity index (χ1v) is 8.98.